The van der Waals surface area contributed by atoms with Crippen LogP contribution in [0.5, 0.6) is 0 Å². The number of H-pyrrole nitrogens is 1. The average molecular weight is 348 g/mol. The van der Waals surface area contributed by atoms with E-state index in [2.05, 4.69) is 25.4 Å². The van der Waals surface area contributed by atoms with Gasteiger partial charge in [0.2, 0.25) is 5.91 Å². The Balaban J connectivity index is 1.47. The minimum Gasteiger partial charge on any atom is -0.352 e. The van der Waals surface area contributed by atoms with Gasteiger partial charge in [-0.25, -0.2) is 4.98 Å². The molecule has 0 aliphatic carbocycles. The zero-order valence-electron chi connectivity index (χ0n) is 13.8. The standard InChI is InChI=1S/C17H22ClN5O/c1-12-20-17(22-21-12)15-6-3-8-23(15)9-7-16(24)19-11-13-4-2-5-14(18)10-13/h2,4-5,10,15H,3,6-9,11H2,1H3,(H,19,24)(H,20,21,22)/t15-/m0/s1. The second-order valence-electron chi connectivity index (χ2n) is 6.13. The molecule has 1 saturated heterocycles. The van der Waals surface area contributed by atoms with E-state index in [1.807, 2.05) is 31.2 Å². The highest BCUT2D eigenvalue weighted by Crippen LogP contribution is 2.29. The molecular formula is C17H22ClN5O. The number of hydrogen-bond acceptors (Lipinski definition) is 4. The van der Waals surface area contributed by atoms with E-state index in [1.165, 1.54) is 0 Å². The van der Waals surface area contributed by atoms with Gasteiger partial charge in [0.25, 0.3) is 0 Å². The van der Waals surface area contributed by atoms with Crippen LogP contribution in [0.2, 0.25) is 5.02 Å². The quantitative estimate of drug-likeness (QED) is 0.842. The third kappa shape index (κ3) is 4.33. The number of likely N-dealkylation sites (tertiary alicyclic amines) is 1. The van der Waals surface area contributed by atoms with Crippen LogP contribution in [-0.2, 0) is 11.3 Å². The van der Waals surface area contributed by atoms with Crippen LogP contribution < -0.4 is 5.32 Å². The number of aromatic amines is 1. The molecule has 2 N–H and O–H groups in total. The second-order valence-corrected chi connectivity index (χ2v) is 6.57. The van der Waals surface area contributed by atoms with Crippen molar-refractivity contribution >= 4 is 17.5 Å². The number of carbonyl (C=O) groups excluding carboxylic acids is 1. The minimum atomic E-state index is 0.0480. The van der Waals surface area contributed by atoms with Gasteiger partial charge in [-0.1, -0.05) is 23.7 Å². The monoisotopic (exact) mass is 347 g/mol. The summed E-state index contributed by atoms with van der Waals surface area (Å²) in [6.07, 6.45) is 2.63. The number of rotatable bonds is 6. The molecule has 1 amide bonds. The fraction of sp³-hybridized carbons (Fsp3) is 0.471. The predicted molar refractivity (Wildman–Crippen MR) is 92.6 cm³/mol. The number of aromatic nitrogens is 3. The smallest absolute Gasteiger partial charge is 0.221 e. The third-order valence-corrected chi connectivity index (χ3v) is 4.52. The van der Waals surface area contributed by atoms with Gasteiger partial charge in [-0.3, -0.25) is 14.8 Å². The van der Waals surface area contributed by atoms with Crippen molar-refractivity contribution < 1.29 is 4.79 Å². The summed E-state index contributed by atoms with van der Waals surface area (Å²) in [5, 5.41) is 10.8. The Morgan fingerprint density at radius 2 is 2.38 bits per heavy atom. The number of benzene rings is 1. The van der Waals surface area contributed by atoms with E-state index in [4.69, 9.17) is 11.6 Å². The first-order valence-electron chi connectivity index (χ1n) is 8.26. The number of carbonyl (C=O) groups is 1. The van der Waals surface area contributed by atoms with Gasteiger partial charge in [-0.05, 0) is 44.0 Å². The topological polar surface area (TPSA) is 73.9 Å². The summed E-state index contributed by atoms with van der Waals surface area (Å²) in [6, 6.07) is 7.75. The summed E-state index contributed by atoms with van der Waals surface area (Å²) in [7, 11) is 0. The van der Waals surface area contributed by atoms with E-state index in [-0.39, 0.29) is 11.9 Å². The van der Waals surface area contributed by atoms with Crippen molar-refractivity contribution in [3.63, 3.8) is 0 Å². The van der Waals surface area contributed by atoms with Crippen molar-refractivity contribution in [2.75, 3.05) is 13.1 Å². The Hall–Kier alpha value is -1.92. The first kappa shape index (κ1) is 16.9. The maximum absolute atomic E-state index is 12.1. The van der Waals surface area contributed by atoms with Crippen LogP contribution in [0.3, 0.4) is 0 Å². The second kappa shape index (κ2) is 7.77. The summed E-state index contributed by atoms with van der Waals surface area (Å²) < 4.78 is 0. The van der Waals surface area contributed by atoms with Crippen molar-refractivity contribution in [2.45, 2.75) is 38.8 Å². The molecule has 0 bridgehead atoms. The van der Waals surface area contributed by atoms with Gasteiger partial charge in [-0.15, -0.1) is 0 Å². The molecule has 2 heterocycles. The lowest BCUT2D eigenvalue weighted by Gasteiger charge is -2.21. The average Bonchev–Trinajstić information content (AvgIpc) is 3.19. The van der Waals surface area contributed by atoms with Gasteiger partial charge < -0.3 is 5.32 Å². The van der Waals surface area contributed by atoms with E-state index in [1.54, 1.807) is 0 Å². The van der Waals surface area contributed by atoms with Crippen molar-refractivity contribution in [1.29, 1.82) is 0 Å². The van der Waals surface area contributed by atoms with Crippen LogP contribution in [0.25, 0.3) is 0 Å². The van der Waals surface area contributed by atoms with Crippen LogP contribution in [0, 0.1) is 6.92 Å². The molecule has 7 heteroatoms. The summed E-state index contributed by atoms with van der Waals surface area (Å²) in [5.74, 6) is 1.72. The Morgan fingerprint density at radius 3 is 3.12 bits per heavy atom. The maximum atomic E-state index is 12.1. The van der Waals surface area contributed by atoms with Crippen LogP contribution in [0.15, 0.2) is 24.3 Å². The van der Waals surface area contributed by atoms with E-state index >= 15 is 0 Å². The first-order valence-corrected chi connectivity index (χ1v) is 8.64. The molecule has 1 aromatic carbocycles. The van der Waals surface area contributed by atoms with Crippen molar-refractivity contribution in [3.8, 4) is 0 Å². The van der Waals surface area contributed by atoms with E-state index in [0.717, 1.165) is 43.1 Å². The Bertz CT molecular complexity index is 702. The highest BCUT2D eigenvalue weighted by Gasteiger charge is 2.28. The molecule has 1 atom stereocenters. The van der Waals surface area contributed by atoms with Crippen LogP contribution >= 0.6 is 11.6 Å². The largest absolute Gasteiger partial charge is 0.352 e. The number of halogens is 1. The Kier molecular flexibility index (Phi) is 5.48. The predicted octanol–water partition coefficient (Wildman–Crippen LogP) is 2.61. The molecular weight excluding hydrogens is 326 g/mol. The van der Waals surface area contributed by atoms with Crippen LogP contribution in [0.1, 0.15) is 42.5 Å². The zero-order chi connectivity index (χ0) is 16.9. The van der Waals surface area contributed by atoms with E-state index < -0.39 is 0 Å². The lowest BCUT2D eigenvalue weighted by Crippen LogP contribution is -2.31. The summed E-state index contributed by atoms with van der Waals surface area (Å²) in [4.78, 5) is 18.8. The molecule has 128 valence electrons. The maximum Gasteiger partial charge on any atom is 0.221 e. The Labute approximate surface area is 146 Å². The van der Waals surface area contributed by atoms with Gasteiger partial charge >= 0.3 is 0 Å². The van der Waals surface area contributed by atoms with E-state index in [0.29, 0.717) is 18.0 Å². The fourth-order valence-corrected chi connectivity index (χ4v) is 3.29. The first-order chi connectivity index (χ1) is 11.6. The molecule has 1 aromatic heterocycles. The third-order valence-electron chi connectivity index (χ3n) is 4.28. The zero-order valence-corrected chi connectivity index (χ0v) is 14.5. The van der Waals surface area contributed by atoms with Gasteiger partial charge in [0, 0.05) is 24.5 Å². The lowest BCUT2D eigenvalue weighted by molar-refractivity contribution is -0.121. The SMILES string of the molecule is Cc1nc([C@@H]2CCCN2CCC(=O)NCc2cccc(Cl)c2)n[nH]1. The molecule has 0 spiro atoms. The molecule has 1 fully saturated rings. The number of nitrogens with zero attached hydrogens (tertiary/aromatic N) is 3. The molecule has 1 aliphatic rings. The lowest BCUT2D eigenvalue weighted by atomic mass is 10.2. The molecule has 0 unspecified atom stereocenters. The van der Waals surface area contributed by atoms with Crippen molar-refractivity contribution in [3.05, 3.63) is 46.5 Å². The summed E-state index contributed by atoms with van der Waals surface area (Å²) >= 11 is 5.95. The highest BCUT2D eigenvalue weighted by molar-refractivity contribution is 6.30. The fourth-order valence-electron chi connectivity index (χ4n) is 3.08. The minimum absolute atomic E-state index is 0.0480. The van der Waals surface area contributed by atoms with Gasteiger partial charge in [0.1, 0.15) is 5.82 Å². The molecule has 0 radical (unpaired) electrons. The number of aryl methyl sites for hydroxylation is 1. The van der Waals surface area contributed by atoms with Crippen molar-refractivity contribution in [1.82, 2.24) is 25.4 Å². The number of amides is 1. The highest BCUT2D eigenvalue weighted by atomic mass is 35.5. The van der Waals surface area contributed by atoms with Gasteiger partial charge in [-0.2, -0.15) is 5.10 Å². The molecule has 6 nitrogen and oxygen atoms in total. The number of nitrogens with one attached hydrogen (secondary N) is 2. The van der Waals surface area contributed by atoms with Crippen molar-refractivity contribution in [2.24, 2.45) is 0 Å². The van der Waals surface area contributed by atoms with Gasteiger partial charge in [0.05, 0.1) is 6.04 Å². The normalized spacial score (nSPS) is 18.0. The van der Waals surface area contributed by atoms with Gasteiger partial charge in [0.15, 0.2) is 5.82 Å². The molecule has 24 heavy (non-hydrogen) atoms. The molecule has 1 aliphatic heterocycles. The molecule has 2 aromatic rings. The van der Waals surface area contributed by atoms with Crippen LogP contribution in [0.4, 0.5) is 0 Å². The molecule has 0 saturated carbocycles. The number of hydrogen-bond donors (Lipinski definition) is 2. The molecule has 3 rings (SSSR count). The summed E-state index contributed by atoms with van der Waals surface area (Å²) in [6.45, 7) is 4.11. The van der Waals surface area contributed by atoms with Crippen LogP contribution in [-0.4, -0.2) is 39.1 Å². The van der Waals surface area contributed by atoms with E-state index in [9.17, 15) is 4.79 Å². The Morgan fingerprint density at radius 1 is 1.50 bits per heavy atom. The summed E-state index contributed by atoms with van der Waals surface area (Å²) in [5.41, 5.74) is 1.01.